The highest BCUT2D eigenvalue weighted by Gasteiger charge is 2.24. The van der Waals surface area contributed by atoms with E-state index in [1.54, 1.807) is 0 Å². The van der Waals surface area contributed by atoms with Crippen molar-refractivity contribution in [3.8, 4) is 0 Å². The number of hydrogen-bond donors (Lipinski definition) is 2. The Hall–Kier alpha value is -2.91. The fraction of sp³-hybridized carbons (Fsp3) is 0.364. The summed E-state index contributed by atoms with van der Waals surface area (Å²) in [6, 6.07) is 14.0. The molecule has 164 valence electrons. The lowest BCUT2D eigenvalue weighted by Crippen LogP contribution is -2.32. The van der Waals surface area contributed by atoms with Gasteiger partial charge in [0.2, 0.25) is 15.9 Å². The molecule has 1 fully saturated rings. The summed E-state index contributed by atoms with van der Waals surface area (Å²) in [6.45, 7) is 0.246. The van der Waals surface area contributed by atoms with E-state index >= 15 is 0 Å². The van der Waals surface area contributed by atoms with Crippen LogP contribution in [0.25, 0.3) is 11.1 Å². The van der Waals surface area contributed by atoms with Crippen LogP contribution < -0.4 is 15.8 Å². The Bertz CT molecular complexity index is 1230. The first kappa shape index (κ1) is 21.3. The highest BCUT2D eigenvalue weighted by atomic mass is 32.2. The van der Waals surface area contributed by atoms with Gasteiger partial charge in [-0.05, 0) is 37.0 Å². The van der Waals surface area contributed by atoms with Gasteiger partial charge in [-0.15, -0.1) is 0 Å². The fourth-order valence-corrected chi connectivity index (χ4v) is 5.21. The van der Waals surface area contributed by atoms with Gasteiger partial charge in [0.25, 0.3) is 0 Å². The Morgan fingerprint density at radius 2 is 1.84 bits per heavy atom. The topological polar surface area (TPSA) is 110 Å². The number of hydrogen-bond acceptors (Lipinski definition) is 5. The third kappa shape index (κ3) is 5.05. The Labute approximate surface area is 180 Å². The molecule has 0 bridgehead atoms. The van der Waals surface area contributed by atoms with Gasteiger partial charge >= 0.3 is 5.76 Å². The minimum absolute atomic E-state index is 0.0418. The van der Waals surface area contributed by atoms with E-state index < -0.39 is 15.8 Å². The van der Waals surface area contributed by atoms with E-state index in [9.17, 15) is 18.0 Å². The van der Waals surface area contributed by atoms with Crippen molar-refractivity contribution in [3.05, 3.63) is 64.6 Å². The monoisotopic (exact) mass is 443 g/mol. The number of nitrogens with zero attached hydrogens (tertiary/aromatic N) is 1. The first-order valence-electron chi connectivity index (χ1n) is 10.4. The molecule has 1 aliphatic carbocycles. The summed E-state index contributed by atoms with van der Waals surface area (Å²) in [5.74, 6) is -1.02. The second-order valence-corrected chi connectivity index (χ2v) is 9.49. The van der Waals surface area contributed by atoms with Crippen LogP contribution in [0.1, 0.15) is 31.2 Å². The van der Waals surface area contributed by atoms with E-state index in [2.05, 4.69) is 10.0 Å². The molecule has 1 amide bonds. The number of aromatic nitrogens is 1. The van der Waals surface area contributed by atoms with Gasteiger partial charge in [0.1, 0.15) is 6.54 Å². The van der Waals surface area contributed by atoms with E-state index in [1.165, 1.54) is 22.8 Å². The van der Waals surface area contributed by atoms with E-state index in [0.29, 0.717) is 18.5 Å². The second kappa shape index (κ2) is 9.07. The summed E-state index contributed by atoms with van der Waals surface area (Å²) in [5.41, 5.74) is 1.62. The normalized spacial score (nSPS) is 14.8. The second-order valence-electron chi connectivity index (χ2n) is 7.77. The summed E-state index contributed by atoms with van der Waals surface area (Å²) in [5, 5.41) is 2.79. The highest BCUT2D eigenvalue weighted by Crippen LogP contribution is 2.22. The van der Waals surface area contributed by atoms with Crippen molar-refractivity contribution in [1.82, 2.24) is 14.6 Å². The lowest BCUT2D eigenvalue weighted by molar-refractivity contribution is -0.121. The summed E-state index contributed by atoms with van der Waals surface area (Å²) in [4.78, 5) is 24.6. The number of rotatable bonds is 8. The lowest BCUT2D eigenvalue weighted by atomic mass is 10.1. The molecule has 0 atom stereocenters. The van der Waals surface area contributed by atoms with Gasteiger partial charge in [0.15, 0.2) is 5.58 Å². The van der Waals surface area contributed by atoms with E-state index in [0.717, 1.165) is 31.2 Å². The summed E-state index contributed by atoms with van der Waals surface area (Å²) < 4.78 is 34.4. The van der Waals surface area contributed by atoms with E-state index in [1.807, 2.05) is 30.3 Å². The van der Waals surface area contributed by atoms with Crippen LogP contribution in [-0.2, 0) is 27.8 Å². The minimum atomic E-state index is -3.70. The van der Waals surface area contributed by atoms with Crippen molar-refractivity contribution in [2.24, 2.45) is 0 Å². The third-order valence-corrected chi connectivity index (χ3v) is 7.03. The molecule has 1 heterocycles. The number of benzene rings is 2. The molecule has 9 heteroatoms. The molecule has 4 rings (SSSR count). The zero-order chi connectivity index (χ0) is 21.8. The van der Waals surface area contributed by atoms with Crippen molar-refractivity contribution in [3.63, 3.8) is 0 Å². The maximum absolute atomic E-state index is 12.6. The Morgan fingerprint density at radius 1 is 1.10 bits per heavy atom. The molecule has 1 saturated carbocycles. The van der Waals surface area contributed by atoms with Crippen LogP contribution in [0.4, 0.5) is 0 Å². The molecular formula is C22H25N3O5S. The lowest BCUT2D eigenvalue weighted by Gasteiger charge is -2.12. The van der Waals surface area contributed by atoms with Crippen molar-refractivity contribution < 1.29 is 17.6 Å². The van der Waals surface area contributed by atoms with Crippen molar-refractivity contribution in [2.75, 3.05) is 6.54 Å². The molecule has 0 saturated heterocycles. The van der Waals surface area contributed by atoms with Crippen LogP contribution in [-0.4, -0.2) is 31.5 Å². The predicted octanol–water partition coefficient (Wildman–Crippen LogP) is 2.17. The fourth-order valence-electron chi connectivity index (χ4n) is 3.89. The molecule has 0 unspecified atom stereocenters. The molecular weight excluding hydrogens is 418 g/mol. The average molecular weight is 444 g/mol. The third-order valence-electron chi connectivity index (χ3n) is 5.51. The standard InChI is InChI=1S/C22H25N3O5S/c26-21(23-13-12-16-6-2-1-3-7-16)15-25-19-11-10-18(14-20(19)30-22(25)27)31(28,29)24-17-8-4-5-9-17/h1-3,6-7,10-11,14,17,24H,4-5,8-9,12-13,15H2,(H,23,26). The largest absolute Gasteiger partial charge is 0.420 e. The van der Waals surface area contributed by atoms with Gasteiger partial charge in [-0.2, -0.15) is 0 Å². The molecule has 2 N–H and O–H groups in total. The number of nitrogens with one attached hydrogen (secondary N) is 2. The molecule has 1 aliphatic rings. The number of carbonyl (C=O) groups excluding carboxylic acids is 1. The number of carbonyl (C=O) groups is 1. The van der Waals surface area contributed by atoms with Gasteiger partial charge in [0.05, 0.1) is 10.4 Å². The Morgan fingerprint density at radius 3 is 2.58 bits per heavy atom. The number of sulfonamides is 1. The first-order valence-corrected chi connectivity index (χ1v) is 11.9. The van der Waals surface area contributed by atoms with Gasteiger partial charge in [0, 0.05) is 18.7 Å². The van der Waals surface area contributed by atoms with Gasteiger partial charge in [-0.3, -0.25) is 9.36 Å². The SMILES string of the molecule is O=C(Cn1c(=O)oc2cc(S(=O)(=O)NC3CCCC3)ccc21)NCCc1ccccc1. The van der Waals surface area contributed by atoms with Gasteiger partial charge in [-0.25, -0.2) is 17.9 Å². The van der Waals surface area contributed by atoms with Crippen LogP contribution >= 0.6 is 0 Å². The van der Waals surface area contributed by atoms with Crippen molar-refractivity contribution >= 4 is 27.0 Å². The number of oxazole rings is 1. The van der Waals surface area contributed by atoms with E-state index in [-0.39, 0.29) is 29.0 Å². The number of amides is 1. The van der Waals surface area contributed by atoms with E-state index in [4.69, 9.17) is 4.42 Å². The minimum Gasteiger partial charge on any atom is -0.408 e. The molecule has 0 spiro atoms. The van der Waals surface area contributed by atoms with Crippen LogP contribution in [0.3, 0.4) is 0 Å². The first-order chi connectivity index (χ1) is 14.9. The highest BCUT2D eigenvalue weighted by molar-refractivity contribution is 7.89. The molecule has 31 heavy (non-hydrogen) atoms. The van der Waals surface area contributed by atoms with Crippen LogP contribution in [0.15, 0.2) is 62.6 Å². The Kier molecular flexibility index (Phi) is 6.24. The van der Waals surface area contributed by atoms with Crippen LogP contribution in [0.5, 0.6) is 0 Å². The van der Waals surface area contributed by atoms with Crippen molar-refractivity contribution in [2.45, 2.75) is 49.6 Å². The quantitative estimate of drug-likeness (QED) is 0.554. The average Bonchev–Trinajstić information content (AvgIpc) is 3.35. The van der Waals surface area contributed by atoms with Crippen molar-refractivity contribution in [1.29, 1.82) is 0 Å². The Balaban J connectivity index is 1.44. The van der Waals surface area contributed by atoms with Crippen LogP contribution in [0.2, 0.25) is 0 Å². The number of fused-ring (bicyclic) bond motifs is 1. The molecule has 0 radical (unpaired) electrons. The molecule has 0 aliphatic heterocycles. The summed E-state index contributed by atoms with van der Waals surface area (Å²) in [7, 11) is -3.70. The maximum Gasteiger partial charge on any atom is 0.420 e. The maximum atomic E-state index is 12.6. The molecule has 8 nitrogen and oxygen atoms in total. The molecule has 2 aromatic carbocycles. The predicted molar refractivity (Wildman–Crippen MR) is 116 cm³/mol. The zero-order valence-corrected chi connectivity index (χ0v) is 17.9. The molecule has 1 aromatic heterocycles. The molecule has 3 aromatic rings. The zero-order valence-electron chi connectivity index (χ0n) is 17.0. The van der Waals surface area contributed by atoms with Crippen LogP contribution in [0, 0.1) is 0 Å². The van der Waals surface area contributed by atoms with Gasteiger partial charge < -0.3 is 9.73 Å². The summed E-state index contributed by atoms with van der Waals surface area (Å²) >= 11 is 0. The summed E-state index contributed by atoms with van der Waals surface area (Å²) in [6.07, 6.45) is 4.36. The van der Waals surface area contributed by atoms with Gasteiger partial charge in [-0.1, -0.05) is 43.2 Å². The smallest absolute Gasteiger partial charge is 0.408 e.